The summed E-state index contributed by atoms with van der Waals surface area (Å²) in [6.45, 7) is 0.515. The maximum atomic E-state index is 12.2. The number of rotatable bonds is 5. The molecule has 0 radical (unpaired) electrons. The predicted molar refractivity (Wildman–Crippen MR) is 98.5 cm³/mol. The van der Waals surface area contributed by atoms with Crippen molar-refractivity contribution >= 4 is 11.6 Å². The fraction of sp³-hybridized carbons (Fsp3) is 0.0952. The molecule has 0 aliphatic carbocycles. The summed E-state index contributed by atoms with van der Waals surface area (Å²) in [6.07, 6.45) is 0.369. The number of hydrogen-bond acceptors (Lipinski definition) is 2. The first-order valence-electron chi connectivity index (χ1n) is 7.98. The van der Waals surface area contributed by atoms with E-state index >= 15 is 0 Å². The summed E-state index contributed by atoms with van der Waals surface area (Å²) in [6, 6.07) is 25.7. The molecule has 0 bridgehead atoms. The summed E-state index contributed by atoms with van der Waals surface area (Å²) in [5, 5.41) is 2.97. The number of nitrogens with two attached hydrogens (primary N) is 1. The molecule has 0 spiro atoms. The van der Waals surface area contributed by atoms with Gasteiger partial charge in [-0.1, -0.05) is 60.7 Å². The average molecular weight is 316 g/mol. The van der Waals surface area contributed by atoms with E-state index in [2.05, 4.69) is 11.4 Å². The van der Waals surface area contributed by atoms with Gasteiger partial charge in [0, 0.05) is 12.2 Å². The van der Waals surface area contributed by atoms with Gasteiger partial charge in [-0.15, -0.1) is 0 Å². The molecule has 0 saturated carbocycles. The Morgan fingerprint density at radius 2 is 1.46 bits per heavy atom. The largest absolute Gasteiger partial charge is 0.326 e. The first kappa shape index (κ1) is 16.0. The third-order valence-corrected chi connectivity index (χ3v) is 3.85. The second-order valence-corrected chi connectivity index (χ2v) is 5.70. The molecule has 0 saturated heterocycles. The van der Waals surface area contributed by atoms with Crippen molar-refractivity contribution in [2.45, 2.75) is 13.0 Å². The van der Waals surface area contributed by atoms with Crippen molar-refractivity contribution < 1.29 is 4.79 Å². The van der Waals surface area contributed by atoms with Crippen LogP contribution in [0.2, 0.25) is 0 Å². The van der Waals surface area contributed by atoms with Gasteiger partial charge < -0.3 is 11.1 Å². The topological polar surface area (TPSA) is 55.1 Å². The summed E-state index contributed by atoms with van der Waals surface area (Å²) in [7, 11) is 0. The minimum absolute atomic E-state index is 0.0194. The predicted octanol–water partition coefficient (Wildman–Crippen LogP) is 3.99. The number of amides is 1. The zero-order chi connectivity index (χ0) is 16.8. The van der Waals surface area contributed by atoms with Gasteiger partial charge >= 0.3 is 0 Å². The molecule has 0 fully saturated rings. The quantitative estimate of drug-likeness (QED) is 0.747. The minimum Gasteiger partial charge on any atom is -0.326 e. The SMILES string of the molecule is NCc1cccc(-c2cccc(NC(=O)Cc3ccccc3)c2)c1. The second kappa shape index (κ2) is 7.57. The monoisotopic (exact) mass is 316 g/mol. The van der Waals surface area contributed by atoms with E-state index in [1.165, 1.54) is 0 Å². The van der Waals surface area contributed by atoms with E-state index in [9.17, 15) is 4.79 Å². The molecule has 3 aromatic rings. The highest BCUT2D eigenvalue weighted by molar-refractivity contribution is 5.93. The molecule has 0 aromatic heterocycles. The van der Waals surface area contributed by atoms with E-state index in [1.54, 1.807) is 0 Å². The van der Waals surface area contributed by atoms with Crippen molar-refractivity contribution in [2.75, 3.05) is 5.32 Å². The molecule has 3 N–H and O–H groups in total. The first-order chi connectivity index (χ1) is 11.7. The van der Waals surface area contributed by atoms with Gasteiger partial charge in [-0.3, -0.25) is 4.79 Å². The number of hydrogen-bond donors (Lipinski definition) is 2. The van der Waals surface area contributed by atoms with Gasteiger partial charge in [0.15, 0.2) is 0 Å². The summed E-state index contributed by atoms with van der Waals surface area (Å²) < 4.78 is 0. The van der Waals surface area contributed by atoms with Crippen LogP contribution in [0.25, 0.3) is 11.1 Å². The molecule has 24 heavy (non-hydrogen) atoms. The van der Waals surface area contributed by atoms with Crippen LogP contribution in [0.5, 0.6) is 0 Å². The van der Waals surface area contributed by atoms with Crippen LogP contribution >= 0.6 is 0 Å². The summed E-state index contributed by atoms with van der Waals surface area (Å²) >= 11 is 0. The van der Waals surface area contributed by atoms with E-state index in [0.29, 0.717) is 13.0 Å². The second-order valence-electron chi connectivity index (χ2n) is 5.70. The summed E-state index contributed by atoms with van der Waals surface area (Å²) in [5.74, 6) is -0.0194. The Hall–Kier alpha value is -2.91. The normalized spacial score (nSPS) is 10.4. The molecule has 0 atom stereocenters. The van der Waals surface area contributed by atoms with E-state index in [1.807, 2.05) is 72.8 Å². The van der Waals surface area contributed by atoms with E-state index in [0.717, 1.165) is 27.9 Å². The molecule has 0 aliphatic heterocycles. The van der Waals surface area contributed by atoms with Crippen molar-refractivity contribution in [3.8, 4) is 11.1 Å². The van der Waals surface area contributed by atoms with Crippen LogP contribution in [0.15, 0.2) is 78.9 Å². The van der Waals surface area contributed by atoms with Crippen molar-refractivity contribution in [1.82, 2.24) is 0 Å². The Balaban J connectivity index is 1.74. The zero-order valence-electron chi connectivity index (χ0n) is 13.4. The minimum atomic E-state index is -0.0194. The van der Waals surface area contributed by atoms with Crippen molar-refractivity contribution in [1.29, 1.82) is 0 Å². The summed E-state index contributed by atoms with van der Waals surface area (Å²) in [4.78, 5) is 12.2. The van der Waals surface area contributed by atoms with Crippen LogP contribution in [-0.2, 0) is 17.8 Å². The Bertz CT molecular complexity index is 828. The highest BCUT2D eigenvalue weighted by Gasteiger charge is 2.05. The number of nitrogens with one attached hydrogen (secondary N) is 1. The highest BCUT2D eigenvalue weighted by Crippen LogP contribution is 2.23. The molecule has 3 aromatic carbocycles. The van der Waals surface area contributed by atoms with Gasteiger partial charge in [0.1, 0.15) is 0 Å². The van der Waals surface area contributed by atoms with E-state index in [4.69, 9.17) is 5.73 Å². The lowest BCUT2D eigenvalue weighted by atomic mass is 10.0. The molecular weight excluding hydrogens is 296 g/mol. The van der Waals surface area contributed by atoms with Gasteiger partial charge in [-0.2, -0.15) is 0 Å². The van der Waals surface area contributed by atoms with Crippen LogP contribution in [-0.4, -0.2) is 5.91 Å². The molecule has 0 unspecified atom stereocenters. The lowest BCUT2D eigenvalue weighted by Crippen LogP contribution is -2.14. The van der Waals surface area contributed by atoms with Gasteiger partial charge in [-0.05, 0) is 40.5 Å². The zero-order valence-corrected chi connectivity index (χ0v) is 13.4. The molecule has 3 rings (SSSR count). The standard InChI is InChI=1S/C21H20N2O/c22-15-17-8-4-9-18(12-17)19-10-5-11-20(14-19)23-21(24)13-16-6-2-1-3-7-16/h1-12,14H,13,15,22H2,(H,23,24). The van der Waals surface area contributed by atoms with Crippen LogP contribution in [0.4, 0.5) is 5.69 Å². The van der Waals surface area contributed by atoms with Crippen LogP contribution in [0, 0.1) is 0 Å². The molecular formula is C21H20N2O. The fourth-order valence-corrected chi connectivity index (χ4v) is 2.64. The molecule has 3 nitrogen and oxygen atoms in total. The number of anilines is 1. The Morgan fingerprint density at radius 1 is 0.792 bits per heavy atom. The van der Waals surface area contributed by atoms with Gasteiger partial charge in [0.2, 0.25) is 5.91 Å². The van der Waals surface area contributed by atoms with Crippen LogP contribution in [0.1, 0.15) is 11.1 Å². The molecule has 120 valence electrons. The third kappa shape index (κ3) is 4.09. The van der Waals surface area contributed by atoms with Gasteiger partial charge in [0.05, 0.1) is 6.42 Å². The average Bonchev–Trinajstić information content (AvgIpc) is 2.63. The smallest absolute Gasteiger partial charge is 0.228 e. The van der Waals surface area contributed by atoms with E-state index in [-0.39, 0.29) is 5.91 Å². The molecule has 0 heterocycles. The molecule has 1 amide bonds. The Kier molecular flexibility index (Phi) is 5.04. The third-order valence-electron chi connectivity index (χ3n) is 3.85. The number of carbonyl (C=O) groups is 1. The van der Waals surface area contributed by atoms with Crippen molar-refractivity contribution in [2.24, 2.45) is 5.73 Å². The lowest BCUT2D eigenvalue weighted by molar-refractivity contribution is -0.115. The van der Waals surface area contributed by atoms with Gasteiger partial charge in [-0.25, -0.2) is 0 Å². The van der Waals surface area contributed by atoms with E-state index < -0.39 is 0 Å². The molecule has 0 aliphatic rings. The molecule has 3 heteroatoms. The van der Waals surface area contributed by atoms with Crippen molar-refractivity contribution in [3.05, 3.63) is 90.0 Å². The Morgan fingerprint density at radius 3 is 2.21 bits per heavy atom. The van der Waals surface area contributed by atoms with Crippen LogP contribution < -0.4 is 11.1 Å². The van der Waals surface area contributed by atoms with Gasteiger partial charge in [0.25, 0.3) is 0 Å². The maximum Gasteiger partial charge on any atom is 0.228 e. The summed E-state index contributed by atoms with van der Waals surface area (Å²) in [5.41, 5.74) is 10.7. The number of carbonyl (C=O) groups excluding carboxylic acids is 1. The van der Waals surface area contributed by atoms with Crippen LogP contribution in [0.3, 0.4) is 0 Å². The number of benzene rings is 3. The van der Waals surface area contributed by atoms with Crippen molar-refractivity contribution in [3.63, 3.8) is 0 Å². The Labute approximate surface area is 142 Å². The fourth-order valence-electron chi connectivity index (χ4n) is 2.64. The maximum absolute atomic E-state index is 12.2. The first-order valence-corrected chi connectivity index (χ1v) is 7.98. The highest BCUT2D eigenvalue weighted by atomic mass is 16.1. The lowest BCUT2D eigenvalue weighted by Gasteiger charge is -2.09.